The van der Waals surface area contributed by atoms with Crippen LogP contribution in [0.4, 0.5) is 0 Å². The molecule has 0 saturated heterocycles. The minimum atomic E-state index is -2.94. The fourth-order valence-corrected chi connectivity index (χ4v) is 2.07. The van der Waals surface area contributed by atoms with Gasteiger partial charge >= 0.3 is 9.05 Å². The molecule has 0 atom stereocenters. The predicted octanol–water partition coefficient (Wildman–Crippen LogP) is 0.734. The summed E-state index contributed by atoms with van der Waals surface area (Å²) in [5.74, 6) is 0. The molecule has 0 rings (SSSR count). The van der Waals surface area contributed by atoms with E-state index < -0.39 is 9.05 Å². The Morgan fingerprint density at radius 3 is 1.77 bits per heavy atom. The van der Waals surface area contributed by atoms with Crippen molar-refractivity contribution in [2.75, 3.05) is 21.3 Å². The summed E-state index contributed by atoms with van der Waals surface area (Å²) in [6.45, 7) is 1.89. The summed E-state index contributed by atoms with van der Waals surface area (Å²) in [6.07, 6.45) is 0.639. The van der Waals surface area contributed by atoms with Gasteiger partial charge in [-0.1, -0.05) is 6.92 Å². The van der Waals surface area contributed by atoms with Crippen LogP contribution in [0, 0.1) is 0 Å². The molecule has 0 spiro atoms. The molecule has 0 N–H and O–H groups in total. The summed E-state index contributed by atoms with van der Waals surface area (Å²) in [5, 5.41) is 0.437. The van der Waals surface area contributed by atoms with Crippen molar-refractivity contribution in [3.05, 3.63) is 0 Å². The van der Waals surface area contributed by atoms with E-state index in [4.69, 9.17) is 29.9 Å². The normalized spacial score (nSPS) is 10.5. The Kier molecular flexibility index (Phi) is 11.7. The smallest absolute Gasteiger partial charge is 0.474 e. The zero-order valence-corrected chi connectivity index (χ0v) is 13.7. The van der Waals surface area contributed by atoms with Crippen LogP contribution in [0.2, 0.25) is 0 Å². The van der Waals surface area contributed by atoms with E-state index in [-0.39, 0.29) is 51.4 Å². The molecule has 0 aromatic carbocycles. The van der Waals surface area contributed by atoms with Crippen molar-refractivity contribution in [3.63, 3.8) is 0 Å². The van der Waals surface area contributed by atoms with Gasteiger partial charge in [0.15, 0.2) is 0 Å². The van der Waals surface area contributed by atoms with Gasteiger partial charge in [-0.05, 0) is 12.2 Å². The zero-order chi connectivity index (χ0) is 9.61. The van der Waals surface area contributed by atoms with E-state index in [1.54, 1.807) is 0 Å². The van der Waals surface area contributed by atoms with Crippen LogP contribution in [0.3, 0.4) is 0 Å². The molecule has 0 aliphatic carbocycles. The Bertz CT molecular complexity index is 145. The summed E-state index contributed by atoms with van der Waals surface area (Å²) in [7, 11) is 1.47. The van der Waals surface area contributed by atoms with Crippen LogP contribution in [0.25, 0.3) is 0 Å². The third-order valence-electron chi connectivity index (χ3n) is 1.28. The van der Waals surface area contributed by atoms with E-state index in [2.05, 4.69) is 0 Å². The first kappa shape index (κ1) is 17.0. The molecule has 0 aromatic rings. The number of rotatable bonds is 5. The van der Waals surface area contributed by atoms with Crippen molar-refractivity contribution in [2.45, 2.75) is 13.3 Å². The van der Waals surface area contributed by atoms with E-state index in [9.17, 15) is 0 Å². The minimum absolute atomic E-state index is 0. The van der Waals surface area contributed by atoms with Gasteiger partial charge in [0.25, 0.3) is 0 Å². The second kappa shape index (κ2) is 8.89. The Labute approximate surface area is 128 Å². The molecule has 1 radical (unpaired) electrons. The molecule has 0 amide bonds. The summed E-state index contributed by atoms with van der Waals surface area (Å²) < 4.78 is 20.2. The molecular weight excluding hydrogens is 235 g/mol. The molecule has 7 heteroatoms. The molecule has 0 aliphatic heterocycles. The molecule has 13 heavy (non-hydrogen) atoms. The topological polar surface area (TPSA) is 36.9 Å². The molecule has 0 bridgehead atoms. The van der Waals surface area contributed by atoms with E-state index in [1.165, 1.54) is 21.3 Å². The van der Waals surface area contributed by atoms with Crippen molar-refractivity contribution >= 4 is 77.7 Å². The SMILES string of the molecule is CCC(=S)O[Si](OC)(OC)OC.[K]. The van der Waals surface area contributed by atoms with Crippen LogP contribution in [0.5, 0.6) is 0 Å². The fraction of sp³-hybridized carbons (Fsp3) is 0.833. The average molecular weight is 249 g/mol. The number of hydrogen-bond acceptors (Lipinski definition) is 5. The Morgan fingerprint density at radius 2 is 1.54 bits per heavy atom. The number of thiocarbonyl (C=S) groups is 1. The average Bonchev–Trinajstić information content (AvgIpc) is 2.14. The van der Waals surface area contributed by atoms with Crippen molar-refractivity contribution < 1.29 is 17.7 Å². The molecule has 0 fully saturated rings. The second-order valence-electron chi connectivity index (χ2n) is 1.94. The van der Waals surface area contributed by atoms with Crippen molar-refractivity contribution in [2.24, 2.45) is 0 Å². The minimum Gasteiger partial charge on any atom is -0.474 e. The van der Waals surface area contributed by atoms with Crippen LogP contribution >= 0.6 is 12.2 Å². The molecule has 0 unspecified atom stereocenters. The van der Waals surface area contributed by atoms with Crippen molar-refractivity contribution in [1.82, 2.24) is 0 Å². The largest absolute Gasteiger partial charge is 0.749 e. The zero-order valence-electron chi connectivity index (χ0n) is 8.75. The fourth-order valence-electron chi connectivity index (χ4n) is 0.587. The Morgan fingerprint density at radius 1 is 1.15 bits per heavy atom. The molecule has 73 valence electrons. The van der Waals surface area contributed by atoms with Gasteiger partial charge in [0.2, 0.25) is 0 Å². The molecular formula is C6H14KO4SSi. The third-order valence-corrected chi connectivity index (χ3v) is 3.79. The van der Waals surface area contributed by atoms with E-state index in [0.717, 1.165) is 0 Å². The molecule has 0 heterocycles. The van der Waals surface area contributed by atoms with Gasteiger partial charge in [-0.3, -0.25) is 0 Å². The van der Waals surface area contributed by atoms with Gasteiger partial charge < -0.3 is 17.7 Å². The first-order valence-corrected chi connectivity index (χ1v) is 5.55. The van der Waals surface area contributed by atoms with Crippen LogP contribution < -0.4 is 0 Å². The van der Waals surface area contributed by atoms with E-state index in [0.29, 0.717) is 11.5 Å². The quantitative estimate of drug-likeness (QED) is 0.530. The summed E-state index contributed by atoms with van der Waals surface area (Å²) in [5.41, 5.74) is 0. The summed E-state index contributed by atoms with van der Waals surface area (Å²) in [4.78, 5) is 0. The third kappa shape index (κ3) is 5.93. The maximum Gasteiger partial charge on any atom is 0.749 e. The first-order chi connectivity index (χ1) is 5.64. The maximum atomic E-state index is 5.24. The van der Waals surface area contributed by atoms with Gasteiger partial charge in [0.05, 0.1) is 0 Å². The van der Waals surface area contributed by atoms with E-state index in [1.807, 2.05) is 6.92 Å². The van der Waals surface area contributed by atoms with Gasteiger partial charge in [0, 0.05) is 79.1 Å². The van der Waals surface area contributed by atoms with Gasteiger partial charge in [-0.25, -0.2) is 0 Å². The summed E-state index contributed by atoms with van der Waals surface area (Å²) in [6, 6.07) is 0. The summed E-state index contributed by atoms with van der Waals surface area (Å²) >= 11 is 4.87. The van der Waals surface area contributed by atoms with Gasteiger partial charge in [-0.2, -0.15) is 0 Å². The molecule has 0 aliphatic rings. The van der Waals surface area contributed by atoms with Crippen molar-refractivity contribution in [1.29, 1.82) is 0 Å². The van der Waals surface area contributed by atoms with Crippen LogP contribution in [-0.4, -0.2) is 86.8 Å². The second-order valence-corrected chi connectivity index (χ2v) is 4.82. The Hall–Kier alpha value is 1.62. The standard InChI is InChI=1S/C6H14O4SSi.K/c1-5-6(11)10-12(7-2,8-3)9-4;/h5H2,1-4H3;. The van der Waals surface area contributed by atoms with Crippen molar-refractivity contribution in [3.8, 4) is 0 Å². The molecule has 0 saturated carbocycles. The molecule has 0 aromatic heterocycles. The molecule has 4 nitrogen and oxygen atoms in total. The first-order valence-electron chi connectivity index (χ1n) is 3.51. The predicted molar refractivity (Wildman–Crippen MR) is 56.5 cm³/mol. The van der Waals surface area contributed by atoms with Crippen LogP contribution in [-0.2, 0) is 17.7 Å². The van der Waals surface area contributed by atoms with Crippen LogP contribution in [0.15, 0.2) is 0 Å². The number of hydrogen-bond donors (Lipinski definition) is 0. The van der Waals surface area contributed by atoms with Gasteiger partial charge in [0.1, 0.15) is 5.05 Å². The monoisotopic (exact) mass is 249 g/mol. The van der Waals surface area contributed by atoms with Gasteiger partial charge in [-0.15, -0.1) is 0 Å². The maximum absolute atomic E-state index is 5.24. The van der Waals surface area contributed by atoms with Crippen LogP contribution in [0.1, 0.15) is 13.3 Å². The van der Waals surface area contributed by atoms with E-state index >= 15 is 0 Å². The Balaban J connectivity index is 0.